The Hall–Kier alpha value is -2.97. The van der Waals surface area contributed by atoms with Crippen molar-refractivity contribution < 1.29 is 8.42 Å². The van der Waals surface area contributed by atoms with E-state index in [9.17, 15) is 8.42 Å². The van der Waals surface area contributed by atoms with E-state index in [2.05, 4.69) is 15.3 Å². The molecule has 24 heavy (non-hydrogen) atoms. The molecule has 0 saturated heterocycles. The predicted octanol–water partition coefficient (Wildman–Crippen LogP) is 2.12. The van der Waals surface area contributed by atoms with Gasteiger partial charge in [-0.05, 0) is 30.3 Å². The Kier molecular flexibility index (Phi) is 4.15. The fourth-order valence-electron chi connectivity index (χ4n) is 2.18. The molecule has 1 heterocycles. The van der Waals surface area contributed by atoms with Gasteiger partial charge >= 0.3 is 0 Å². The molecule has 0 unspecified atom stereocenters. The first-order chi connectivity index (χ1) is 11.4. The van der Waals surface area contributed by atoms with Gasteiger partial charge in [-0.3, -0.25) is 0 Å². The third-order valence-corrected chi connectivity index (χ3v) is 4.20. The Labute approximate surface area is 139 Å². The maximum Gasteiger partial charge on any atom is 0.238 e. The summed E-state index contributed by atoms with van der Waals surface area (Å²) in [6.07, 6.45) is 1.42. The maximum atomic E-state index is 11.4. The molecule has 3 aromatic rings. The fraction of sp³-hybridized carbons (Fsp3) is 0. The van der Waals surface area contributed by atoms with E-state index in [1.165, 1.54) is 18.5 Å². The van der Waals surface area contributed by atoms with E-state index >= 15 is 0 Å². The first-order valence-corrected chi connectivity index (χ1v) is 8.54. The minimum atomic E-state index is -3.76. The zero-order valence-electron chi connectivity index (χ0n) is 12.5. The van der Waals surface area contributed by atoms with Crippen molar-refractivity contribution in [2.45, 2.75) is 4.90 Å². The van der Waals surface area contributed by atoms with Crippen molar-refractivity contribution in [3.8, 4) is 11.3 Å². The molecule has 5 N–H and O–H groups in total. The third kappa shape index (κ3) is 3.67. The molecule has 3 rings (SSSR count). The van der Waals surface area contributed by atoms with Gasteiger partial charge in [0, 0.05) is 23.0 Å². The lowest BCUT2D eigenvalue weighted by atomic mass is 10.1. The number of benzene rings is 2. The maximum absolute atomic E-state index is 11.4. The number of nitrogens with zero attached hydrogens (tertiary/aromatic N) is 2. The van der Waals surface area contributed by atoms with Crippen LogP contribution in [0.1, 0.15) is 0 Å². The van der Waals surface area contributed by atoms with Crippen LogP contribution in [0.2, 0.25) is 0 Å². The van der Waals surface area contributed by atoms with Gasteiger partial charge in [-0.1, -0.05) is 18.2 Å². The SMILES string of the molecule is Nc1cccc(-c2cc(Nc3cccc(S(N)(=O)=O)c3)ncn2)c1. The van der Waals surface area contributed by atoms with Gasteiger partial charge in [-0.25, -0.2) is 23.5 Å². The van der Waals surface area contributed by atoms with Gasteiger partial charge in [0.25, 0.3) is 0 Å². The van der Waals surface area contributed by atoms with E-state index in [0.717, 1.165) is 5.56 Å². The van der Waals surface area contributed by atoms with E-state index < -0.39 is 10.0 Å². The molecule has 8 heteroatoms. The van der Waals surface area contributed by atoms with Gasteiger partial charge in [-0.15, -0.1) is 0 Å². The summed E-state index contributed by atoms with van der Waals surface area (Å²) in [7, 11) is -3.76. The zero-order valence-corrected chi connectivity index (χ0v) is 13.4. The van der Waals surface area contributed by atoms with Crippen molar-refractivity contribution in [2.75, 3.05) is 11.1 Å². The van der Waals surface area contributed by atoms with Crippen molar-refractivity contribution in [2.24, 2.45) is 5.14 Å². The van der Waals surface area contributed by atoms with Crippen LogP contribution in [-0.2, 0) is 10.0 Å². The highest BCUT2D eigenvalue weighted by molar-refractivity contribution is 7.89. The lowest BCUT2D eigenvalue weighted by Crippen LogP contribution is -2.12. The number of aromatic nitrogens is 2. The van der Waals surface area contributed by atoms with Gasteiger partial charge in [0.2, 0.25) is 10.0 Å². The summed E-state index contributed by atoms with van der Waals surface area (Å²) in [6, 6.07) is 15.3. The summed E-state index contributed by atoms with van der Waals surface area (Å²) in [5, 5.41) is 8.18. The predicted molar refractivity (Wildman–Crippen MR) is 93.0 cm³/mol. The molecule has 0 spiro atoms. The molecule has 0 atom stereocenters. The molecule has 122 valence electrons. The molecule has 0 amide bonds. The van der Waals surface area contributed by atoms with Crippen LogP contribution in [-0.4, -0.2) is 18.4 Å². The number of nitrogens with one attached hydrogen (secondary N) is 1. The summed E-state index contributed by atoms with van der Waals surface area (Å²) in [6.45, 7) is 0. The molecule has 2 aromatic carbocycles. The normalized spacial score (nSPS) is 11.2. The average molecular weight is 341 g/mol. The van der Waals surface area contributed by atoms with Crippen LogP contribution in [0.4, 0.5) is 17.2 Å². The number of nitrogens with two attached hydrogens (primary N) is 2. The molecule has 0 aliphatic heterocycles. The molecule has 0 saturated carbocycles. The second-order valence-corrected chi connectivity index (χ2v) is 6.67. The van der Waals surface area contributed by atoms with E-state index in [0.29, 0.717) is 22.9 Å². The molecular weight excluding hydrogens is 326 g/mol. The molecule has 1 aromatic heterocycles. The highest BCUT2D eigenvalue weighted by Crippen LogP contribution is 2.23. The number of anilines is 3. The van der Waals surface area contributed by atoms with E-state index in [-0.39, 0.29) is 4.90 Å². The smallest absolute Gasteiger partial charge is 0.238 e. The molecule has 0 aliphatic carbocycles. The number of sulfonamides is 1. The summed E-state index contributed by atoms with van der Waals surface area (Å²) in [5.41, 5.74) is 8.54. The van der Waals surface area contributed by atoms with Crippen molar-refractivity contribution in [1.82, 2.24) is 9.97 Å². The number of primary sulfonamides is 1. The van der Waals surface area contributed by atoms with Gasteiger partial charge in [0.05, 0.1) is 10.6 Å². The van der Waals surface area contributed by atoms with E-state index in [1.807, 2.05) is 18.2 Å². The van der Waals surface area contributed by atoms with Crippen molar-refractivity contribution in [3.63, 3.8) is 0 Å². The average Bonchev–Trinajstić information content (AvgIpc) is 2.55. The van der Waals surface area contributed by atoms with Crippen LogP contribution in [0.5, 0.6) is 0 Å². The van der Waals surface area contributed by atoms with E-state index in [1.54, 1.807) is 24.3 Å². The second kappa shape index (κ2) is 6.26. The topological polar surface area (TPSA) is 124 Å². The Balaban J connectivity index is 1.91. The first kappa shape index (κ1) is 15.9. The minimum absolute atomic E-state index is 0.0256. The number of hydrogen-bond donors (Lipinski definition) is 3. The molecule has 0 bridgehead atoms. The third-order valence-electron chi connectivity index (χ3n) is 3.28. The Morgan fingerprint density at radius 3 is 2.50 bits per heavy atom. The summed E-state index contributed by atoms with van der Waals surface area (Å²) in [5.74, 6) is 0.522. The van der Waals surface area contributed by atoms with Gasteiger partial charge in [0.15, 0.2) is 0 Å². The molecular formula is C16H15N5O2S. The quantitative estimate of drug-likeness (QED) is 0.624. The van der Waals surface area contributed by atoms with Gasteiger partial charge in [-0.2, -0.15) is 0 Å². The largest absolute Gasteiger partial charge is 0.399 e. The zero-order chi connectivity index (χ0) is 17.2. The molecule has 0 radical (unpaired) electrons. The van der Waals surface area contributed by atoms with Crippen LogP contribution in [0.3, 0.4) is 0 Å². The fourth-order valence-corrected chi connectivity index (χ4v) is 2.74. The van der Waals surface area contributed by atoms with Crippen LogP contribution < -0.4 is 16.2 Å². The Bertz CT molecular complexity index is 989. The van der Waals surface area contributed by atoms with Crippen LogP contribution >= 0.6 is 0 Å². The lowest BCUT2D eigenvalue weighted by Gasteiger charge is -2.08. The summed E-state index contributed by atoms with van der Waals surface area (Å²) >= 11 is 0. The number of hydrogen-bond acceptors (Lipinski definition) is 6. The second-order valence-electron chi connectivity index (χ2n) is 5.11. The van der Waals surface area contributed by atoms with E-state index in [4.69, 9.17) is 10.9 Å². The van der Waals surface area contributed by atoms with Gasteiger partial charge < -0.3 is 11.1 Å². The molecule has 0 aliphatic rings. The first-order valence-electron chi connectivity index (χ1n) is 7.00. The van der Waals surface area contributed by atoms with Crippen LogP contribution in [0.25, 0.3) is 11.3 Å². The van der Waals surface area contributed by atoms with Crippen molar-refractivity contribution in [3.05, 3.63) is 60.9 Å². The Morgan fingerprint density at radius 2 is 1.75 bits per heavy atom. The van der Waals surface area contributed by atoms with Crippen LogP contribution in [0, 0.1) is 0 Å². The molecule has 0 fully saturated rings. The lowest BCUT2D eigenvalue weighted by molar-refractivity contribution is 0.598. The molecule has 7 nitrogen and oxygen atoms in total. The summed E-state index contributed by atoms with van der Waals surface area (Å²) in [4.78, 5) is 8.39. The van der Waals surface area contributed by atoms with Crippen LogP contribution in [0.15, 0.2) is 65.8 Å². The number of nitrogen functional groups attached to an aromatic ring is 1. The monoisotopic (exact) mass is 341 g/mol. The van der Waals surface area contributed by atoms with Crippen molar-refractivity contribution >= 4 is 27.2 Å². The number of rotatable bonds is 4. The standard InChI is InChI=1S/C16H15N5O2S/c17-12-4-1-3-11(7-12)15-9-16(20-10-19-15)21-13-5-2-6-14(8-13)24(18,22)23/h1-10H,17H2,(H2,18,22,23)(H,19,20,21). The minimum Gasteiger partial charge on any atom is -0.399 e. The Morgan fingerprint density at radius 1 is 0.958 bits per heavy atom. The van der Waals surface area contributed by atoms with Crippen molar-refractivity contribution in [1.29, 1.82) is 0 Å². The highest BCUT2D eigenvalue weighted by Gasteiger charge is 2.09. The van der Waals surface area contributed by atoms with Gasteiger partial charge in [0.1, 0.15) is 12.1 Å². The highest BCUT2D eigenvalue weighted by atomic mass is 32.2. The summed E-state index contributed by atoms with van der Waals surface area (Å²) < 4.78 is 22.8.